The van der Waals surface area contributed by atoms with Crippen LogP contribution in [-0.2, 0) is 19.1 Å². The smallest absolute Gasteiger partial charge is 0.329 e. The molecule has 0 saturated carbocycles. The number of esters is 1. The summed E-state index contributed by atoms with van der Waals surface area (Å²) < 4.78 is 16.0. The summed E-state index contributed by atoms with van der Waals surface area (Å²) in [6.07, 6.45) is -0.702. The molecule has 2 atom stereocenters. The van der Waals surface area contributed by atoms with Gasteiger partial charge < -0.3 is 14.2 Å². The summed E-state index contributed by atoms with van der Waals surface area (Å²) in [5, 5.41) is 2.89. The highest BCUT2D eigenvalue weighted by atomic mass is 32.1. The van der Waals surface area contributed by atoms with Gasteiger partial charge in [-0.25, -0.2) is 9.78 Å². The molecule has 0 bridgehead atoms. The van der Waals surface area contributed by atoms with Crippen molar-refractivity contribution in [3.05, 3.63) is 53.9 Å². The zero-order valence-electron chi connectivity index (χ0n) is 18.1. The van der Waals surface area contributed by atoms with Gasteiger partial charge in [0.05, 0.1) is 18.0 Å². The number of carbonyl (C=O) groups is 2. The third-order valence-corrected chi connectivity index (χ3v) is 6.08. The van der Waals surface area contributed by atoms with Gasteiger partial charge in [0, 0.05) is 23.6 Å². The van der Waals surface area contributed by atoms with Crippen LogP contribution in [0.15, 0.2) is 53.9 Å². The van der Waals surface area contributed by atoms with Gasteiger partial charge in [0.1, 0.15) is 23.4 Å². The summed E-state index contributed by atoms with van der Waals surface area (Å²) in [6, 6.07) is 14.7. The van der Waals surface area contributed by atoms with Crippen molar-refractivity contribution in [3.8, 4) is 27.6 Å². The molecule has 2 unspecified atom stereocenters. The number of methoxy groups -OCH3 is 1. The average Bonchev–Trinajstić information content (AvgIpc) is 3.30. The molecular weight excluding hydrogens is 428 g/mol. The van der Waals surface area contributed by atoms with E-state index >= 15 is 0 Å². The van der Waals surface area contributed by atoms with Crippen LogP contribution in [0.25, 0.3) is 21.8 Å². The Morgan fingerprint density at radius 3 is 2.72 bits per heavy atom. The number of ether oxygens (including phenoxy) is 3. The maximum atomic E-state index is 13.0. The largest absolute Gasteiger partial charge is 0.479 e. The lowest BCUT2D eigenvalue weighted by molar-refractivity contribution is -0.147. The predicted molar refractivity (Wildman–Crippen MR) is 123 cm³/mol. The Kier molecular flexibility index (Phi) is 6.53. The van der Waals surface area contributed by atoms with Crippen molar-refractivity contribution in [2.45, 2.75) is 26.0 Å². The maximum Gasteiger partial charge on any atom is 0.329 e. The van der Waals surface area contributed by atoms with Crippen molar-refractivity contribution in [2.24, 2.45) is 0 Å². The van der Waals surface area contributed by atoms with Gasteiger partial charge >= 0.3 is 5.97 Å². The van der Waals surface area contributed by atoms with Crippen molar-refractivity contribution in [1.82, 2.24) is 4.98 Å². The van der Waals surface area contributed by atoms with Crippen LogP contribution in [0.2, 0.25) is 0 Å². The van der Waals surface area contributed by atoms with Gasteiger partial charge in [-0.3, -0.25) is 9.69 Å². The minimum Gasteiger partial charge on any atom is -0.479 e. The van der Waals surface area contributed by atoms with Gasteiger partial charge in [-0.05, 0) is 32.0 Å². The number of amides is 1. The fraction of sp³-hybridized carbons (Fsp3) is 0.292. The van der Waals surface area contributed by atoms with E-state index in [2.05, 4.69) is 0 Å². The summed E-state index contributed by atoms with van der Waals surface area (Å²) in [7, 11) is 1.53. The topological polar surface area (TPSA) is 78.0 Å². The zero-order valence-corrected chi connectivity index (χ0v) is 18.9. The Labute approximate surface area is 190 Å². The number of hydrogen-bond donors (Lipinski definition) is 0. The van der Waals surface area contributed by atoms with E-state index in [1.54, 1.807) is 25.2 Å². The van der Waals surface area contributed by atoms with E-state index in [1.807, 2.05) is 53.9 Å². The van der Waals surface area contributed by atoms with Crippen LogP contribution in [0.5, 0.6) is 5.75 Å². The molecule has 166 valence electrons. The number of hydrogen-bond acceptors (Lipinski definition) is 7. The summed E-state index contributed by atoms with van der Waals surface area (Å²) in [5.41, 5.74) is 3.19. The number of rotatable bonds is 7. The monoisotopic (exact) mass is 452 g/mol. The van der Waals surface area contributed by atoms with E-state index in [0.29, 0.717) is 18.0 Å². The minimum absolute atomic E-state index is 0.127. The normalized spacial score (nSPS) is 16.3. The van der Waals surface area contributed by atoms with E-state index in [4.69, 9.17) is 19.2 Å². The Bertz CT molecular complexity index is 1110. The van der Waals surface area contributed by atoms with Crippen LogP contribution in [0, 0.1) is 0 Å². The number of carbonyl (C=O) groups excluding carboxylic acids is 2. The lowest BCUT2D eigenvalue weighted by Gasteiger charge is -2.36. The maximum absolute atomic E-state index is 13.0. The molecule has 7 nitrogen and oxygen atoms in total. The lowest BCUT2D eigenvalue weighted by Crippen LogP contribution is -2.52. The number of fused-ring (bicyclic) bond motifs is 1. The fourth-order valence-electron chi connectivity index (χ4n) is 3.49. The molecule has 8 heteroatoms. The first-order valence-corrected chi connectivity index (χ1v) is 11.2. The molecule has 0 fully saturated rings. The Morgan fingerprint density at radius 2 is 1.97 bits per heavy atom. The molecule has 1 amide bonds. The number of thiazole rings is 1. The van der Waals surface area contributed by atoms with E-state index in [1.165, 1.54) is 12.0 Å². The van der Waals surface area contributed by atoms with Crippen molar-refractivity contribution >= 4 is 28.9 Å². The summed E-state index contributed by atoms with van der Waals surface area (Å²) in [4.78, 5) is 31.7. The van der Waals surface area contributed by atoms with E-state index in [0.717, 1.165) is 21.8 Å². The second-order valence-electron chi connectivity index (χ2n) is 7.39. The summed E-state index contributed by atoms with van der Waals surface area (Å²) >= 11 is 1.55. The Hall–Kier alpha value is -3.23. The molecule has 0 N–H and O–H groups in total. The zero-order chi connectivity index (χ0) is 22.7. The number of anilines is 1. The van der Waals surface area contributed by atoms with Gasteiger partial charge in [-0.15, -0.1) is 11.3 Å². The number of benzene rings is 2. The van der Waals surface area contributed by atoms with Crippen LogP contribution in [-0.4, -0.2) is 49.3 Å². The molecule has 2 heterocycles. The standard InChI is InChI=1S/C24H24N2O5S/c1-15(24(28)30-12-11-29-3)26-20-13-18(9-10-21(20)31-16(2)23(26)27)19-14-32-22(25-19)17-7-5-4-6-8-17/h4-10,13-16H,11-12H2,1-3H3. The van der Waals surface area contributed by atoms with Crippen LogP contribution in [0.3, 0.4) is 0 Å². The molecule has 2 aromatic carbocycles. The summed E-state index contributed by atoms with van der Waals surface area (Å²) in [6.45, 7) is 3.74. The Morgan fingerprint density at radius 1 is 1.19 bits per heavy atom. The highest BCUT2D eigenvalue weighted by Gasteiger charge is 2.38. The summed E-state index contributed by atoms with van der Waals surface area (Å²) in [5.74, 6) is -0.258. The second-order valence-corrected chi connectivity index (χ2v) is 8.25. The quantitative estimate of drug-likeness (QED) is 0.396. The van der Waals surface area contributed by atoms with Crippen LogP contribution < -0.4 is 9.64 Å². The van der Waals surface area contributed by atoms with E-state index in [9.17, 15) is 9.59 Å². The molecule has 4 rings (SSSR count). The molecule has 1 aliphatic heterocycles. The average molecular weight is 453 g/mol. The van der Waals surface area contributed by atoms with Crippen LogP contribution >= 0.6 is 11.3 Å². The molecule has 3 aromatic rings. The van der Waals surface area contributed by atoms with Crippen molar-refractivity contribution < 1.29 is 23.8 Å². The minimum atomic E-state index is -0.810. The number of aromatic nitrogens is 1. The number of nitrogens with zero attached hydrogens (tertiary/aromatic N) is 2. The second kappa shape index (κ2) is 9.50. The van der Waals surface area contributed by atoms with Crippen LogP contribution in [0.1, 0.15) is 13.8 Å². The molecule has 1 aromatic heterocycles. The van der Waals surface area contributed by atoms with Gasteiger partial charge in [0.25, 0.3) is 5.91 Å². The first kappa shape index (κ1) is 22.0. The fourth-order valence-corrected chi connectivity index (χ4v) is 4.33. The van der Waals surface area contributed by atoms with Crippen molar-refractivity contribution in [2.75, 3.05) is 25.2 Å². The van der Waals surface area contributed by atoms with E-state index < -0.39 is 18.1 Å². The SMILES string of the molecule is COCCOC(=O)C(C)N1C(=O)C(C)Oc2ccc(-c3csc(-c4ccccc4)n3)cc21. The van der Waals surface area contributed by atoms with E-state index in [-0.39, 0.29) is 12.5 Å². The van der Waals surface area contributed by atoms with Crippen LogP contribution in [0.4, 0.5) is 5.69 Å². The molecule has 1 aliphatic rings. The first-order chi connectivity index (χ1) is 15.5. The van der Waals surface area contributed by atoms with Crippen molar-refractivity contribution in [1.29, 1.82) is 0 Å². The van der Waals surface area contributed by atoms with Gasteiger partial charge in [-0.2, -0.15) is 0 Å². The highest BCUT2D eigenvalue weighted by Crippen LogP contribution is 2.39. The molecule has 0 radical (unpaired) electrons. The molecule has 0 aliphatic carbocycles. The molecule has 32 heavy (non-hydrogen) atoms. The lowest BCUT2D eigenvalue weighted by atomic mass is 10.1. The molecule has 0 spiro atoms. The third kappa shape index (κ3) is 4.37. The predicted octanol–water partition coefficient (Wildman–Crippen LogP) is 4.17. The highest BCUT2D eigenvalue weighted by molar-refractivity contribution is 7.13. The Balaban J connectivity index is 1.66. The molecular formula is C24H24N2O5S. The first-order valence-electron chi connectivity index (χ1n) is 10.3. The molecule has 0 saturated heterocycles. The van der Waals surface area contributed by atoms with Gasteiger partial charge in [0.2, 0.25) is 0 Å². The third-order valence-electron chi connectivity index (χ3n) is 5.19. The van der Waals surface area contributed by atoms with Gasteiger partial charge in [0.15, 0.2) is 6.10 Å². The van der Waals surface area contributed by atoms with Crippen molar-refractivity contribution in [3.63, 3.8) is 0 Å². The van der Waals surface area contributed by atoms with Gasteiger partial charge in [-0.1, -0.05) is 30.3 Å².